The number of carbonyl (C=O) groups excluding carboxylic acids is 1. The highest BCUT2D eigenvalue weighted by Crippen LogP contribution is 2.16. The summed E-state index contributed by atoms with van der Waals surface area (Å²) >= 11 is 1.68. The van der Waals surface area contributed by atoms with Gasteiger partial charge in [-0.3, -0.25) is 0 Å². The third-order valence-electron chi connectivity index (χ3n) is 3.34. The van der Waals surface area contributed by atoms with E-state index in [1.807, 2.05) is 60.9 Å². The van der Waals surface area contributed by atoms with Crippen LogP contribution in [0.2, 0.25) is 0 Å². The lowest BCUT2D eigenvalue weighted by Crippen LogP contribution is -2.07. The number of benzene rings is 2. The normalized spacial score (nSPS) is 10.6. The summed E-state index contributed by atoms with van der Waals surface area (Å²) < 4.78 is 5.33. The van der Waals surface area contributed by atoms with Crippen molar-refractivity contribution in [3.63, 3.8) is 0 Å². The van der Waals surface area contributed by atoms with Crippen molar-refractivity contribution in [1.82, 2.24) is 4.98 Å². The molecule has 0 unspecified atom stereocenters. The first-order valence-electron chi connectivity index (χ1n) is 6.92. The molecular weight excluding hydrogens is 294 g/mol. The lowest BCUT2D eigenvalue weighted by atomic mass is 10.2. The third kappa shape index (κ3) is 3.28. The summed E-state index contributed by atoms with van der Waals surface area (Å²) in [7, 11) is 0. The molecule has 0 spiro atoms. The van der Waals surface area contributed by atoms with Crippen LogP contribution in [0.15, 0.2) is 65.6 Å². The number of hydrogen-bond donors (Lipinski definition) is 0. The van der Waals surface area contributed by atoms with E-state index in [0.29, 0.717) is 5.69 Å². The molecule has 4 heteroatoms. The number of para-hydroxylation sites is 1. The van der Waals surface area contributed by atoms with E-state index in [1.165, 1.54) is 4.90 Å². The Morgan fingerprint density at radius 3 is 2.59 bits per heavy atom. The molecule has 0 aliphatic rings. The molecule has 0 aliphatic carbocycles. The van der Waals surface area contributed by atoms with Crippen molar-refractivity contribution in [2.24, 2.45) is 0 Å². The summed E-state index contributed by atoms with van der Waals surface area (Å²) in [4.78, 5) is 17.6. The summed E-state index contributed by atoms with van der Waals surface area (Å²) in [6.07, 6.45) is 2.03. The molecule has 1 aromatic heterocycles. The minimum absolute atomic E-state index is 0.252. The van der Waals surface area contributed by atoms with Crippen LogP contribution in [0, 0.1) is 0 Å². The zero-order valence-corrected chi connectivity index (χ0v) is 13.0. The molecule has 0 fully saturated rings. The predicted molar refractivity (Wildman–Crippen MR) is 89.1 cm³/mol. The molecule has 22 heavy (non-hydrogen) atoms. The minimum atomic E-state index is -0.403. The highest BCUT2D eigenvalue weighted by molar-refractivity contribution is 7.98. The van der Waals surface area contributed by atoms with Crippen molar-refractivity contribution >= 4 is 28.6 Å². The second kappa shape index (κ2) is 6.62. The molecule has 1 heterocycles. The highest BCUT2D eigenvalue weighted by Gasteiger charge is 2.09. The molecule has 110 valence electrons. The molecule has 2 aromatic carbocycles. The maximum absolute atomic E-state index is 12.1. The van der Waals surface area contributed by atoms with Crippen LogP contribution >= 0.6 is 11.8 Å². The van der Waals surface area contributed by atoms with E-state index in [0.717, 1.165) is 16.5 Å². The van der Waals surface area contributed by atoms with Gasteiger partial charge in [0.2, 0.25) is 0 Å². The molecule has 0 N–H and O–H groups in total. The van der Waals surface area contributed by atoms with Gasteiger partial charge in [-0.2, -0.15) is 0 Å². The largest absolute Gasteiger partial charge is 0.456 e. The molecular formula is C18H15NO2S. The van der Waals surface area contributed by atoms with Gasteiger partial charge in [0.05, 0.1) is 5.52 Å². The van der Waals surface area contributed by atoms with E-state index < -0.39 is 5.97 Å². The van der Waals surface area contributed by atoms with Gasteiger partial charge < -0.3 is 4.74 Å². The topological polar surface area (TPSA) is 39.2 Å². The number of nitrogens with zero attached hydrogens (tertiary/aromatic N) is 1. The lowest BCUT2D eigenvalue weighted by molar-refractivity contribution is 0.0466. The summed E-state index contributed by atoms with van der Waals surface area (Å²) in [5.74, 6) is -0.403. The quantitative estimate of drug-likeness (QED) is 0.531. The smallest absolute Gasteiger partial charge is 0.357 e. The van der Waals surface area contributed by atoms with Gasteiger partial charge in [0.15, 0.2) is 0 Å². The fourth-order valence-corrected chi connectivity index (χ4v) is 2.53. The highest BCUT2D eigenvalue weighted by atomic mass is 32.2. The van der Waals surface area contributed by atoms with Crippen LogP contribution in [-0.2, 0) is 11.3 Å². The number of aromatic nitrogens is 1. The molecule has 3 rings (SSSR count). The van der Waals surface area contributed by atoms with Gasteiger partial charge in [0.25, 0.3) is 0 Å². The first kappa shape index (κ1) is 14.6. The zero-order chi connectivity index (χ0) is 15.4. The molecule has 0 saturated heterocycles. The van der Waals surface area contributed by atoms with Crippen molar-refractivity contribution in [3.8, 4) is 0 Å². The molecule has 3 nitrogen and oxygen atoms in total. The molecule has 3 aromatic rings. The number of hydrogen-bond acceptors (Lipinski definition) is 4. The molecule has 0 amide bonds. The Kier molecular flexibility index (Phi) is 4.39. The summed E-state index contributed by atoms with van der Waals surface area (Å²) in [6, 6.07) is 19.2. The Bertz CT molecular complexity index is 800. The first-order chi connectivity index (χ1) is 10.8. The van der Waals surface area contributed by atoms with Crippen molar-refractivity contribution in [2.45, 2.75) is 11.5 Å². The fourth-order valence-electron chi connectivity index (χ4n) is 2.12. The van der Waals surface area contributed by atoms with Gasteiger partial charge in [-0.25, -0.2) is 9.78 Å². The number of thioether (sulfide) groups is 1. The lowest BCUT2D eigenvalue weighted by Gasteiger charge is -2.06. The zero-order valence-electron chi connectivity index (χ0n) is 12.2. The van der Waals surface area contributed by atoms with Crippen molar-refractivity contribution in [3.05, 3.63) is 71.9 Å². The molecule has 0 bridgehead atoms. The number of rotatable bonds is 4. The Balaban J connectivity index is 1.69. The Labute approximate surface area is 133 Å². The SMILES string of the molecule is CSc1ccc(COC(=O)c2ccc3ccccc3n2)cc1. The van der Waals surface area contributed by atoms with Gasteiger partial charge in [-0.15, -0.1) is 11.8 Å². The van der Waals surface area contributed by atoms with Crippen LogP contribution < -0.4 is 0 Å². The monoisotopic (exact) mass is 309 g/mol. The number of carbonyl (C=O) groups is 1. The van der Waals surface area contributed by atoms with Crippen molar-refractivity contribution < 1.29 is 9.53 Å². The van der Waals surface area contributed by atoms with E-state index in [-0.39, 0.29) is 6.61 Å². The predicted octanol–water partition coefficient (Wildman–Crippen LogP) is 4.31. The molecule has 0 radical (unpaired) electrons. The first-order valence-corrected chi connectivity index (χ1v) is 8.14. The summed E-state index contributed by atoms with van der Waals surface area (Å²) in [5.41, 5.74) is 2.09. The van der Waals surface area contributed by atoms with Crippen LogP contribution in [0.5, 0.6) is 0 Å². The molecule has 0 aliphatic heterocycles. The second-order valence-electron chi connectivity index (χ2n) is 4.81. The van der Waals surface area contributed by atoms with Crippen LogP contribution in [0.3, 0.4) is 0 Å². The van der Waals surface area contributed by atoms with Gasteiger partial charge in [0, 0.05) is 10.3 Å². The van der Waals surface area contributed by atoms with E-state index in [2.05, 4.69) is 4.98 Å². The number of fused-ring (bicyclic) bond motifs is 1. The van der Waals surface area contributed by atoms with E-state index in [9.17, 15) is 4.79 Å². The number of pyridine rings is 1. The van der Waals surface area contributed by atoms with Gasteiger partial charge in [0.1, 0.15) is 12.3 Å². The fraction of sp³-hybridized carbons (Fsp3) is 0.111. The van der Waals surface area contributed by atoms with E-state index in [1.54, 1.807) is 17.8 Å². The van der Waals surface area contributed by atoms with Crippen LogP contribution in [0.4, 0.5) is 0 Å². The van der Waals surface area contributed by atoms with E-state index in [4.69, 9.17) is 4.74 Å². The van der Waals surface area contributed by atoms with Crippen molar-refractivity contribution in [1.29, 1.82) is 0 Å². The maximum Gasteiger partial charge on any atom is 0.357 e. The van der Waals surface area contributed by atoms with Crippen LogP contribution in [0.25, 0.3) is 10.9 Å². The van der Waals surface area contributed by atoms with Crippen molar-refractivity contribution in [2.75, 3.05) is 6.26 Å². The molecule has 0 atom stereocenters. The second-order valence-corrected chi connectivity index (χ2v) is 5.69. The third-order valence-corrected chi connectivity index (χ3v) is 4.08. The number of esters is 1. The number of ether oxygens (including phenoxy) is 1. The van der Waals surface area contributed by atoms with Gasteiger partial charge in [-0.1, -0.05) is 36.4 Å². The van der Waals surface area contributed by atoms with Gasteiger partial charge >= 0.3 is 5.97 Å². The summed E-state index contributed by atoms with van der Waals surface area (Å²) in [6.45, 7) is 0.252. The maximum atomic E-state index is 12.1. The average Bonchev–Trinajstić information content (AvgIpc) is 2.59. The Hall–Kier alpha value is -2.33. The molecule has 0 saturated carbocycles. The Morgan fingerprint density at radius 1 is 1.05 bits per heavy atom. The standard InChI is InChI=1S/C18H15NO2S/c1-22-15-9-6-13(7-10-15)12-21-18(20)17-11-8-14-4-2-3-5-16(14)19-17/h2-11H,12H2,1H3. The van der Waals surface area contributed by atoms with Gasteiger partial charge in [-0.05, 0) is 36.1 Å². The van der Waals surface area contributed by atoms with Crippen LogP contribution in [-0.4, -0.2) is 17.2 Å². The minimum Gasteiger partial charge on any atom is -0.456 e. The average molecular weight is 309 g/mol. The Morgan fingerprint density at radius 2 is 1.82 bits per heavy atom. The van der Waals surface area contributed by atoms with E-state index >= 15 is 0 Å². The van der Waals surface area contributed by atoms with Crippen LogP contribution in [0.1, 0.15) is 16.1 Å². The summed E-state index contributed by atoms with van der Waals surface area (Å²) in [5, 5.41) is 1.01.